The second-order valence-electron chi connectivity index (χ2n) is 10.9. The maximum absolute atomic E-state index is 13.9. The molecule has 11 nitrogen and oxygen atoms in total. The van der Waals surface area contributed by atoms with Crippen molar-refractivity contribution in [2.75, 3.05) is 37.6 Å². The fourth-order valence-corrected chi connectivity index (χ4v) is 5.97. The summed E-state index contributed by atoms with van der Waals surface area (Å²) in [5.74, 6) is -0.487. The van der Waals surface area contributed by atoms with E-state index >= 15 is 0 Å². The van der Waals surface area contributed by atoms with Crippen LogP contribution in [0.1, 0.15) is 34.5 Å². The standard InChI is InChI=1S/C29H34ClN9O2/c30-25-27(32)36-26(31)24(35-25)28(41)37-29(33)34-22-17-39(13-11-21(22)12-14-39)18-23(40)38(15-19-7-3-1-4-8-19)16-20-9-5-2-6-10-20/h1-10,21-22H,11-18H2,(H6-,31,32,33,34,36,37,41)/p+1/t21?,22-,39?/m1/s1. The lowest BCUT2D eigenvalue weighted by Crippen LogP contribution is -2.66. The van der Waals surface area contributed by atoms with Crippen LogP contribution in [0, 0.1) is 5.92 Å². The SMILES string of the molecule is NC(=N[C@@H]1C[N+]2(CC(=O)N(Cc3ccccc3)Cc3ccccc3)CCC1CC2)NC(=O)c1nc(Cl)c(N)nc1N. The van der Waals surface area contributed by atoms with Gasteiger partial charge in [-0.1, -0.05) is 72.3 Å². The van der Waals surface area contributed by atoms with Crippen LogP contribution in [0.2, 0.25) is 5.15 Å². The predicted octanol–water partition coefficient (Wildman–Crippen LogP) is 2.18. The zero-order valence-corrected chi connectivity index (χ0v) is 23.5. The van der Waals surface area contributed by atoms with Crippen LogP contribution in [-0.4, -0.2) is 69.3 Å². The zero-order chi connectivity index (χ0) is 29.0. The molecule has 2 amide bonds. The number of benzene rings is 2. The molecule has 0 spiro atoms. The van der Waals surface area contributed by atoms with Crippen molar-refractivity contribution < 1.29 is 14.1 Å². The number of nitrogens with one attached hydrogen (secondary N) is 1. The molecule has 3 aromatic rings. The topological polar surface area (TPSA) is 166 Å². The van der Waals surface area contributed by atoms with Crippen LogP contribution in [0.3, 0.4) is 0 Å². The molecule has 0 aliphatic carbocycles. The van der Waals surface area contributed by atoms with Crippen molar-refractivity contribution in [2.24, 2.45) is 16.6 Å². The molecule has 3 saturated heterocycles. The average molecular weight is 577 g/mol. The summed E-state index contributed by atoms with van der Waals surface area (Å²) >= 11 is 5.91. The van der Waals surface area contributed by atoms with Gasteiger partial charge in [0.2, 0.25) is 0 Å². The van der Waals surface area contributed by atoms with Crippen LogP contribution in [0.4, 0.5) is 11.6 Å². The van der Waals surface area contributed by atoms with Gasteiger partial charge in [0.25, 0.3) is 11.8 Å². The van der Waals surface area contributed by atoms with Gasteiger partial charge in [-0.2, -0.15) is 0 Å². The Labute approximate surface area is 244 Å². The minimum Gasteiger partial charge on any atom is -0.382 e. The minimum absolute atomic E-state index is 0.0397. The highest BCUT2D eigenvalue weighted by molar-refractivity contribution is 6.31. The molecule has 214 valence electrons. The van der Waals surface area contributed by atoms with Crippen molar-refractivity contribution in [1.29, 1.82) is 0 Å². The molecule has 3 aliphatic rings. The Morgan fingerprint density at radius 1 is 0.951 bits per heavy atom. The number of amides is 2. The predicted molar refractivity (Wildman–Crippen MR) is 158 cm³/mol. The Morgan fingerprint density at radius 2 is 1.54 bits per heavy atom. The zero-order valence-electron chi connectivity index (χ0n) is 22.7. The van der Waals surface area contributed by atoms with Crippen LogP contribution in [0.15, 0.2) is 65.7 Å². The molecular formula is C29H35ClN9O2+. The van der Waals surface area contributed by atoms with Gasteiger partial charge in [0.1, 0.15) is 12.6 Å². The van der Waals surface area contributed by atoms with Gasteiger partial charge in [-0.25, -0.2) is 15.0 Å². The third kappa shape index (κ3) is 6.75. The Kier molecular flexibility index (Phi) is 8.36. The third-order valence-corrected chi connectivity index (χ3v) is 8.27. The van der Waals surface area contributed by atoms with Crippen LogP contribution >= 0.6 is 11.6 Å². The molecular weight excluding hydrogens is 542 g/mol. The van der Waals surface area contributed by atoms with Gasteiger partial charge < -0.3 is 26.6 Å². The van der Waals surface area contributed by atoms with E-state index in [1.165, 1.54) is 0 Å². The van der Waals surface area contributed by atoms with Gasteiger partial charge in [-0.05, 0) is 17.0 Å². The van der Waals surface area contributed by atoms with Crippen LogP contribution in [0.25, 0.3) is 0 Å². The van der Waals surface area contributed by atoms with Crippen LogP contribution in [0.5, 0.6) is 0 Å². The lowest BCUT2D eigenvalue weighted by molar-refractivity contribution is -0.936. The number of nitrogen functional groups attached to an aromatic ring is 2. The van der Waals surface area contributed by atoms with Gasteiger partial charge in [0, 0.05) is 25.9 Å². The molecule has 1 atom stereocenters. The number of carbonyl (C=O) groups is 2. The van der Waals surface area contributed by atoms with E-state index in [0.29, 0.717) is 36.6 Å². The number of aliphatic imine (C=N–C) groups is 1. The molecule has 6 rings (SSSR count). The Hall–Kier alpha value is -4.22. The number of quaternary nitrogens is 1. The van der Waals surface area contributed by atoms with Gasteiger partial charge in [0.05, 0.1) is 13.1 Å². The molecule has 3 aliphatic heterocycles. The van der Waals surface area contributed by atoms with Gasteiger partial charge >= 0.3 is 0 Å². The van der Waals surface area contributed by atoms with Crippen molar-refractivity contribution in [3.8, 4) is 0 Å². The molecule has 3 fully saturated rings. The smallest absolute Gasteiger partial charge is 0.280 e. The Balaban J connectivity index is 1.28. The molecule has 0 saturated carbocycles. The first kappa shape index (κ1) is 28.3. The quantitative estimate of drug-likeness (QED) is 0.181. The maximum atomic E-state index is 13.9. The van der Waals surface area contributed by atoms with Gasteiger partial charge in [-0.3, -0.25) is 14.9 Å². The summed E-state index contributed by atoms with van der Waals surface area (Å²) in [5, 5.41) is 2.42. The normalized spacial score (nSPS) is 21.8. The number of guanidine groups is 1. The number of halogens is 1. The Bertz CT molecular complexity index is 1390. The fourth-order valence-electron chi connectivity index (χ4n) is 5.84. The number of piperidine rings is 3. The van der Waals surface area contributed by atoms with Crippen molar-refractivity contribution in [3.05, 3.63) is 82.6 Å². The van der Waals surface area contributed by atoms with E-state index in [4.69, 9.17) is 28.8 Å². The lowest BCUT2D eigenvalue weighted by Gasteiger charge is -2.51. The summed E-state index contributed by atoms with van der Waals surface area (Å²) in [6.45, 7) is 3.97. The number of aromatic nitrogens is 2. The summed E-state index contributed by atoms with van der Waals surface area (Å²) in [4.78, 5) is 40.9. The average Bonchev–Trinajstić information content (AvgIpc) is 2.96. The first-order valence-electron chi connectivity index (χ1n) is 13.7. The van der Waals surface area contributed by atoms with E-state index < -0.39 is 5.91 Å². The van der Waals surface area contributed by atoms with E-state index in [1.54, 1.807) is 0 Å². The largest absolute Gasteiger partial charge is 0.382 e. The number of nitrogens with zero attached hydrogens (tertiary/aromatic N) is 5. The highest BCUT2D eigenvalue weighted by Crippen LogP contribution is 2.35. The highest BCUT2D eigenvalue weighted by atomic mass is 35.5. The summed E-state index contributed by atoms with van der Waals surface area (Å²) in [6, 6.07) is 20.0. The molecule has 1 aromatic heterocycles. The minimum atomic E-state index is -0.670. The van der Waals surface area contributed by atoms with Crippen molar-refractivity contribution in [3.63, 3.8) is 0 Å². The van der Waals surface area contributed by atoms with E-state index in [1.807, 2.05) is 65.6 Å². The van der Waals surface area contributed by atoms with E-state index in [0.717, 1.165) is 37.1 Å². The summed E-state index contributed by atoms with van der Waals surface area (Å²) in [7, 11) is 0. The number of rotatable bonds is 8. The van der Waals surface area contributed by atoms with E-state index in [9.17, 15) is 9.59 Å². The monoisotopic (exact) mass is 576 g/mol. The molecule has 41 heavy (non-hydrogen) atoms. The van der Waals surface area contributed by atoms with E-state index in [2.05, 4.69) is 20.3 Å². The maximum Gasteiger partial charge on any atom is 0.280 e. The molecule has 4 heterocycles. The highest BCUT2D eigenvalue weighted by Gasteiger charge is 2.47. The first-order valence-corrected chi connectivity index (χ1v) is 14.0. The first-order chi connectivity index (χ1) is 19.7. The van der Waals surface area contributed by atoms with Crippen LogP contribution in [-0.2, 0) is 17.9 Å². The second-order valence-corrected chi connectivity index (χ2v) is 11.2. The Morgan fingerprint density at radius 3 is 2.12 bits per heavy atom. The number of carbonyl (C=O) groups excluding carboxylic acids is 2. The molecule has 12 heteroatoms. The number of fused-ring (bicyclic) bond motifs is 3. The number of nitrogens with two attached hydrogens (primary N) is 3. The molecule has 2 bridgehead atoms. The lowest BCUT2D eigenvalue weighted by atomic mass is 9.82. The molecule has 2 aromatic carbocycles. The van der Waals surface area contributed by atoms with Crippen molar-refractivity contribution in [2.45, 2.75) is 32.0 Å². The second kappa shape index (κ2) is 12.1. The van der Waals surface area contributed by atoms with Crippen molar-refractivity contribution in [1.82, 2.24) is 20.2 Å². The molecule has 0 unspecified atom stereocenters. The fraction of sp³-hybridized carbons (Fsp3) is 0.345. The third-order valence-electron chi connectivity index (χ3n) is 7.99. The van der Waals surface area contributed by atoms with Crippen LogP contribution < -0.4 is 22.5 Å². The van der Waals surface area contributed by atoms with Gasteiger partial charge in [0.15, 0.2) is 35.0 Å². The van der Waals surface area contributed by atoms with Crippen molar-refractivity contribution >= 4 is 41.0 Å². The number of hydrogen-bond donors (Lipinski definition) is 4. The summed E-state index contributed by atoms with van der Waals surface area (Å²) in [6.07, 6.45) is 1.87. The molecule has 0 radical (unpaired) electrons. The summed E-state index contributed by atoms with van der Waals surface area (Å²) in [5.41, 5.74) is 19.5. The number of anilines is 2. The van der Waals surface area contributed by atoms with Gasteiger partial charge in [-0.15, -0.1) is 0 Å². The molecule has 7 N–H and O–H groups in total. The van der Waals surface area contributed by atoms with E-state index in [-0.39, 0.29) is 40.4 Å². The number of hydrogen-bond acceptors (Lipinski definition) is 7. The summed E-state index contributed by atoms with van der Waals surface area (Å²) < 4.78 is 0.650.